The van der Waals surface area contributed by atoms with Crippen molar-refractivity contribution in [2.75, 3.05) is 6.54 Å². The molecule has 2 aromatic carbocycles. The van der Waals surface area contributed by atoms with Gasteiger partial charge in [0.2, 0.25) is 0 Å². The Morgan fingerprint density at radius 2 is 2.00 bits per heavy atom. The molecule has 3 nitrogen and oxygen atoms in total. The Bertz CT molecular complexity index is 669. The van der Waals surface area contributed by atoms with E-state index in [-0.39, 0.29) is 0 Å². The molecule has 0 heterocycles. The molecular formula is C15H13N3. The maximum Gasteiger partial charge on any atom is 0.0443 e. The van der Waals surface area contributed by atoms with Gasteiger partial charge in [-0.05, 0) is 45.8 Å². The molecule has 3 heteroatoms. The predicted octanol–water partition coefficient (Wildman–Crippen LogP) is 4.26. The van der Waals surface area contributed by atoms with Crippen molar-refractivity contribution >= 4 is 16.8 Å². The van der Waals surface area contributed by atoms with Gasteiger partial charge in [0.15, 0.2) is 0 Å². The van der Waals surface area contributed by atoms with Crippen LogP contribution in [0, 0.1) is 0 Å². The van der Waals surface area contributed by atoms with Crippen LogP contribution in [0.25, 0.3) is 27.3 Å². The first-order valence-electron chi connectivity index (χ1n) is 6.11. The summed E-state index contributed by atoms with van der Waals surface area (Å²) in [6.45, 7) is 0.402. The second kappa shape index (κ2) is 4.55. The van der Waals surface area contributed by atoms with E-state index in [0.29, 0.717) is 6.54 Å². The lowest BCUT2D eigenvalue weighted by atomic mass is 10.00. The molecule has 0 amide bonds. The van der Waals surface area contributed by atoms with E-state index in [1.165, 1.54) is 27.5 Å². The van der Waals surface area contributed by atoms with Crippen molar-refractivity contribution in [1.29, 1.82) is 0 Å². The highest BCUT2D eigenvalue weighted by Gasteiger charge is 2.14. The van der Waals surface area contributed by atoms with E-state index in [0.717, 1.165) is 12.8 Å². The third kappa shape index (κ3) is 1.75. The number of benzene rings is 2. The molecule has 1 aliphatic carbocycles. The SMILES string of the molecule is [N-]=[N+]=NCC=Cc1ccc2c3c(cccc13)CC2. The number of nitrogens with zero attached hydrogens (tertiary/aromatic N) is 3. The molecule has 0 spiro atoms. The Kier molecular flexibility index (Phi) is 2.75. The van der Waals surface area contributed by atoms with Crippen LogP contribution in [0.5, 0.6) is 0 Å². The van der Waals surface area contributed by atoms with E-state index in [4.69, 9.17) is 5.53 Å². The molecule has 0 aromatic heterocycles. The third-order valence-electron chi connectivity index (χ3n) is 3.46. The van der Waals surface area contributed by atoms with Gasteiger partial charge in [0, 0.05) is 11.5 Å². The minimum atomic E-state index is 0.402. The van der Waals surface area contributed by atoms with Gasteiger partial charge in [-0.1, -0.05) is 47.6 Å². The van der Waals surface area contributed by atoms with E-state index < -0.39 is 0 Å². The highest BCUT2D eigenvalue weighted by molar-refractivity contribution is 5.96. The summed E-state index contributed by atoms with van der Waals surface area (Å²) in [6.07, 6.45) is 6.24. The van der Waals surface area contributed by atoms with Crippen molar-refractivity contribution < 1.29 is 0 Å². The first-order valence-corrected chi connectivity index (χ1v) is 6.11. The molecule has 0 bridgehead atoms. The van der Waals surface area contributed by atoms with Gasteiger partial charge >= 0.3 is 0 Å². The number of rotatable bonds is 3. The molecule has 2 aromatic rings. The zero-order chi connectivity index (χ0) is 12.4. The summed E-state index contributed by atoms with van der Waals surface area (Å²) in [5.74, 6) is 0. The molecule has 0 saturated carbocycles. The van der Waals surface area contributed by atoms with Crippen LogP contribution in [0.3, 0.4) is 0 Å². The van der Waals surface area contributed by atoms with E-state index in [9.17, 15) is 0 Å². The quantitative estimate of drug-likeness (QED) is 0.433. The van der Waals surface area contributed by atoms with Gasteiger partial charge in [-0.2, -0.15) is 0 Å². The second-order valence-electron chi connectivity index (χ2n) is 4.47. The lowest BCUT2D eigenvalue weighted by Gasteiger charge is -2.05. The maximum absolute atomic E-state index is 8.24. The summed E-state index contributed by atoms with van der Waals surface area (Å²) >= 11 is 0. The van der Waals surface area contributed by atoms with Gasteiger partial charge in [-0.15, -0.1) is 0 Å². The normalized spacial score (nSPS) is 13.1. The van der Waals surface area contributed by atoms with Crippen LogP contribution in [0.1, 0.15) is 16.7 Å². The molecule has 0 radical (unpaired) electrons. The van der Waals surface area contributed by atoms with Crippen molar-refractivity contribution in [2.45, 2.75) is 12.8 Å². The monoisotopic (exact) mass is 235 g/mol. The predicted molar refractivity (Wildman–Crippen MR) is 74.4 cm³/mol. The Hall–Kier alpha value is -2.25. The fourth-order valence-electron chi connectivity index (χ4n) is 2.68. The minimum Gasteiger partial charge on any atom is -0.0899 e. The zero-order valence-corrected chi connectivity index (χ0v) is 10.0. The molecule has 0 unspecified atom stereocenters. The molecular weight excluding hydrogens is 222 g/mol. The summed E-state index contributed by atoms with van der Waals surface area (Å²) in [5, 5.41) is 6.23. The molecule has 0 saturated heterocycles. The van der Waals surface area contributed by atoms with Crippen molar-refractivity contribution in [2.24, 2.45) is 5.11 Å². The first-order chi connectivity index (χ1) is 8.90. The van der Waals surface area contributed by atoms with Gasteiger partial charge in [-0.25, -0.2) is 0 Å². The molecule has 0 fully saturated rings. The Morgan fingerprint density at radius 1 is 1.17 bits per heavy atom. The molecule has 1 aliphatic rings. The first kappa shape index (κ1) is 10.9. The zero-order valence-electron chi connectivity index (χ0n) is 10.0. The molecule has 3 rings (SSSR count). The van der Waals surface area contributed by atoms with E-state index in [2.05, 4.69) is 40.4 Å². The second-order valence-corrected chi connectivity index (χ2v) is 4.47. The Balaban J connectivity index is 2.09. The van der Waals surface area contributed by atoms with Gasteiger partial charge in [0.05, 0.1) is 0 Å². The largest absolute Gasteiger partial charge is 0.0899 e. The van der Waals surface area contributed by atoms with Crippen molar-refractivity contribution in [3.8, 4) is 0 Å². The van der Waals surface area contributed by atoms with Gasteiger partial charge in [0.1, 0.15) is 0 Å². The molecule has 0 atom stereocenters. The van der Waals surface area contributed by atoms with Gasteiger partial charge in [0.25, 0.3) is 0 Å². The smallest absolute Gasteiger partial charge is 0.0443 e. The van der Waals surface area contributed by atoms with Crippen molar-refractivity contribution in [3.05, 3.63) is 63.5 Å². The van der Waals surface area contributed by atoms with Crippen molar-refractivity contribution in [1.82, 2.24) is 0 Å². The van der Waals surface area contributed by atoms with Gasteiger partial charge < -0.3 is 0 Å². The van der Waals surface area contributed by atoms with E-state index in [1.807, 2.05) is 12.2 Å². The molecule has 0 N–H and O–H groups in total. The van der Waals surface area contributed by atoms with Crippen LogP contribution in [0.4, 0.5) is 0 Å². The fourth-order valence-corrected chi connectivity index (χ4v) is 2.68. The fraction of sp³-hybridized carbons (Fsp3) is 0.200. The minimum absolute atomic E-state index is 0.402. The molecule has 88 valence electrons. The summed E-state index contributed by atoms with van der Waals surface area (Å²) in [5.41, 5.74) is 12.3. The number of aryl methyl sites for hydroxylation is 2. The Labute approximate surface area is 105 Å². The lowest BCUT2D eigenvalue weighted by Crippen LogP contribution is -1.83. The standard InChI is InChI=1S/C15H13N3/c16-18-17-10-2-4-11-6-7-13-9-8-12-3-1-5-14(11)15(12)13/h1-7H,8-10H2. The summed E-state index contributed by atoms with van der Waals surface area (Å²) < 4.78 is 0. The topological polar surface area (TPSA) is 48.8 Å². The van der Waals surface area contributed by atoms with E-state index in [1.54, 1.807) is 0 Å². The van der Waals surface area contributed by atoms with Crippen LogP contribution in [0.2, 0.25) is 0 Å². The lowest BCUT2D eigenvalue weighted by molar-refractivity contribution is 1.02. The van der Waals surface area contributed by atoms with Gasteiger partial charge in [-0.3, -0.25) is 0 Å². The van der Waals surface area contributed by atoms with Crippen LogP contribution in [-0.4, -0.2) is 6.54 Å². The van der Waals surface area contributed by atoms with Crippen LogP contribution in [-0.2, 0) is 12.8 Å². The Morgan fingerprint density at radius 3 is 2.83 bits per heavy atom. The van der Waals surface area contributed by atoms with Crippen LogP contribution in [0.15, 0.2) is 41.5 Å². The van der Waals surface area contributed by atoms with Crippen LogP contribution >= 0.6 is 0 Å². The summed E-state index contributed by atoms with van der Waals surface area (Å²) in [7, 11) is 0. The average molecular weight is 235 g/mol. The van der Waals surface area contributed by atoms with E-state index >= 15 is 0 Å². The number of azide groups is 1. The molecule has 18 heavy (non-hydrogen) atoms. The highest BCUT2D eigenvalue weighted by Crippen LogP contribution is 2.33. The number of hydrogen-bond acceptors (Lipinski definition) is 1. The molecule has 0 aliphatic heterocycles. The van der Waals surface area contributed by atoms with Crippen LogP contribution < -0.4 is 0 Å². The summed E-state index contributed by atoms with van der Waals surface area (Å²) in [4.78, 5) is 2.74. The maximum atomic E-state index is 8.24. The third-order valence-corrected chi connectivity index (χ3v) is 3.46. The highest BCUT2D eigenvalue weighted by atomic mass is 15.1. The average Bonchev–Trinajstić information content (AvgIpc) is 2.82. The van der Waals surface area contributed by atoms with Crippen molar-refractivity contribution in [3.63, 3.8) is 0 Å². The summed E-state index contributed by atoms with van der Waals surface area (Å²) in [6, 6.07) is 10.9. The number of hydrogen-bond donors (Lipinski definition) is 0.